The Labute approximate surface area is 53.0 Å². The van der Waals surface area contributed by atoms with Gasteiger partial charge in [0.15, 0.2) is 0 Å². The average Bonchev–Trinajstić information content (AvgIpc) is 1.64. The molecule has 0 saturated carbocycles. The van der Waals surface area contributed by atoms with E-state index in [0.29, 0.717) is 0 Å². The first-order valence-electron chi connectivity index (χ1n) is 2.17. The molecule has 1 N–H and O–H groups in total. The first-order chi connectivity index (χ1) is 3.55. The second-order valence-electron chi connectivity index (χ2n) is 1.54. The molecule has 1 atom stereocenters. The minimum atomic E-state index is -0.914. The quantitative estimate of drug-likeness (QED) is 0.565. The molecule has 0 aromatic rings. The fourth-order valence-corrected chi connectivity index (χ4v) is 0.236. The highest BCUT2D eigenvalue weighted by Crippen LogP contribution is 1.96. The van der Waals surface area contributed by atoms with Crippen molar-refractivity contribution in [2.45, 2.75) is 13.0 Å². The number of halogens is 1. The molecule has 0 heterocycles. The van der Waals surface area contributed by atoms with Crippen molar-refractivity contribution in [3.05, 3.63) is 0 Å². The summed E-state index contributed by atoms with van der Waals surface area (Å²) in [6.45, 7) is 1.51. The van der Waals surface area contributed by atoms with E-state index in [1.807, 2.05) is 0 Å². The van der Waals surface area contributed by atoms with Crippen molar-refractivity contribution >= 4 is 17.7 Å². The summed E-state index contributed by atoms with van der Waals surface area (Å²) in [4.78, 5) is 10.0. The maximum atomic E-state index is 10.0. The Morgan fingerprint density at radius 1 is 1.88 bits per heavy atom. The Morgan fingerprint density at radius 3 is 2.25 bits per heavy atom. The second kappa shape index (κ2) is 2.89. The molecule has 4 heteroatoms. The van der Waals surface area contributed by atoms with Crippen molar-refractivity contribution in [2.24, 2.45) is 0 Å². The van der Waals surface area contributed by atoms with E-state index in [0.717, 1.165) is 4.42 Å². The Kier molecular flexibility index (Phi) is 2.79. The molecule has 0 aliphatic rings. The molecule has 0 amide bonds. The second-order valence-corrected chi connectivity index (χ2v) is 2.07. The van der Waals surface area contributed by atoms with Gasteiger partial charge in [-0.25, -0.2) is 4.42 Å². The molecule has 3 nitrogen and oxygen atoms in total. The highest BCUT2D eigenvalue weighted by molar-refractivity contribution is 6.14. The summed E-state index contributed by atoms with van der Waals surface area (Å²) in [5.74, 6) is -0.914. The zero-order valence-electron chi connectivity index (χ0n) is 4.76. The van der Waals surface area contributed by atoms with E-state index in [4.69, 9.17) is 16.9 Å². The summed E-state index contributed by atoms with van der Waals surface area (Å²) in [7, 11) is 1.50. The number of rotatable bonds is 2. The van der Waals surface area contributed by atoms with Crippen LogP contribution in [0.25, 0.3) is 0 Å². The van der Waals surface area contributed by atoms with Gasteiger partial charge in [-0.3, -0.25) is 4.79 Å². The van der Waals surface area contributed by atoms with Crippen molar-refractivity contribution in [2.75, 3.05) is 7.05 Å². The van der Waals surface area contributed by atoms with Gasteiger partial charge in [-0.15, -0.1) is 0 Å². The predicted molar refractivity (Wildman–Crippen MR) is 30.7 cm³/mol. The Balaban J connectivity index is 3.64. The normalized spacial score (nSPS) is 14.0. The number of carboxylic acid groups (broad SMARTS) is 1. The lowest BCUT2D eigenvalue weighted by Gasteiger charge is -2.10. The zero-order valence-corrected chi connectivity index (χ0v) is 5.51. The lowest BCUT2D eigenvalue weighted by atomic mass is 10.4. The van der Waals surface area contributed by atoms with Gasteiger partial charge in [-0.05, 0) is 18.7 Å². The van der Waals surface area contributed by atoms with Crippen LogP contribution in [0, 0.1) is 0 Å². The van der Waals surface area contributed by atoms with Crippen LogP contribution in [0.4, 0.5) is 0 Å². The molecule has 8 heavy (non-hydrogen) atoms. The Morgan fingerprint density at radius 2 is 2.25 bits per heavy atom. The molecule has 0 fully saturated rings. The van der Waals surface area contributed by atoms with Crippen molar-refractivity contribution in [1.82, 2.24) is 4.42 Å². The van der Waals surface area contributed by atoms with Crippen LogP contribution in [0.2, 0.25) is 0 Å². The molecule has 0 rings (SSSR count). The number of hydrogen-bond donors (Lipinski definition) is 1. The summed E-state index contributed by atoms with van der Waals surface area (Å²) >= 11 is 5.28. The van der Waals surface area contributed by atoms with Crippen LogP contribution in [-0.2, 0) is 4.79 Å². The summed E-state index contributed by atoms with van der Waals surface area (Å²) in [5, 5.41) is 8.23. The van der Waals surface area contributed by atoms with Crippen LogP contribution in [0.15, 0.2) is 0 Å². The van der Waals surface area contributed by atoms with E-state index < -0.39 is 12.0 Å². The summed E-state index contributed by atoms with van der Waals surface area (Å²) in [6, 6.07) is -0.614. The van der Waals surface area contributed by atoms with Crippen molar-refractivity contribution < 1.29 is 9.90 Å². The topological polar surface area (TPSA) is 40.5 Å². The number of aliphatic carboxylic acids is 1. The molecule has 0 aliphatic heterocycles. The Hall–Kier alpha value is -0.280. The lowest BCUT2D eigenvalue weighted by Crippen LogP contribution is -2.28. The van der Waals surface area contributed by atoms with Gasteiger partial charge in [-0.2, -0.15) is 0 Å². The molecule has 0 bridgehead atoms. The first-order valence-corrected chi connectivity index (χ1v) is 2.51. The van der Waals surface area contributed by atoms with Gasteiger partial charge in [0.1, 0.15) is 6.04 Å². The maximum Gasteiger partial charge on any atom is 0.321 e. The largest absolute Gasteiger partial charge is 0.480 e. The monoisotopic (exact) mass is 137 g/mol. The van der Waals surface area contributed by atoms with Crippen LogP contribution in [0.3, 0.4) is 0 Å². The third kappa shape index (κ3) is 2.14. The smallest absolute Gasteiger partial charge is 0.321 e. The van der Waals surface area contributed by atoms with Gasteiger partial charge < -0.3 is 5.11 Å². The molecule has 0 aliphatic carbocycles. The summed E-state index contributed by atoms with van der Waals surface area (Å²) in [5.41, 5.74) is 0. The fraction of sp³-hybridized carbons (Fsp3) is 0.750. The highest BCUT2D eigenvalue weighted by atomic mass is 35.5. The van der Waals surface area contributed by atoms with Gasteiger partial charge in [0.05, 0.1) is 0 Å². The standard InChI is InChI=1S/C4H8ClNO2/c1-3(4(7)8)6(2)5/h3H,1-2H3,(H,7,8)/t3-/m0/s1. The first kappa shape index (κ1) is 7.72. The molecule has 0 aromatic heterocycles. The minimum Gasteiger partial charge on any atom is -0.480 e. The van der Waals surface area contributed by atoms with Gasteiger partial charge in [-0.1, -0.05) is 0 Å². The predicted octanol–water partition coefficient (Wildman–Crippen LogP) is 0.545. The summed E-state index contributed by atoms with van der Waals surface area (Å²) in [6.07, 6.45) is 0. The van der Waals surface area contributed by atoms with Crippen LogP contribution in [0.1, 0.15) is 6.92 Å². The third-order valence-electron chi connectivity index (χ3n) is 0.891. The zero-order chi connectivity index (χ0) is 6.73. The minimum absolute atomic E-state index is 0.614. The van der Waals surface area contributed by atoms with Crippen LogP contribution in [-0.4, -0.2) is 28.6 Å². The molecule has 0 aromatic carbocycles. The number of carbonyl (C=O) groups is 1. The Bertz CT molecular complexity index is 94.0. The average molecular weight is 138 g/mol. The van der Waals surface area contributed by atoms with Crippen molar-refractivity contribution in [1.29, 1.82) is 0 Å². The van der Waals surface area contributed by atoms with Gasteiger partial charge in [0.25, 0.3) is 0 Å². The van der Waals surface area contributed by atoms with E-state index in [1.165, 1.54) is 14.0 Å². The van der Waals surface area contributed by atoms with Crippen LogP contribution >= 0.6 is 11.8 Å². The highest BCUT2D eigenvalue weighted by Gasteiger charge is 2.13. The van der Waals surface area contributed by atoms with Gasteiger partial charge in [0, 0.05) is 7.05 Å². The van der Waals surface area contributed by atoms with Gasteiger partial charge >= 0.3 is 5.97 Å². The molecule has 0 unspecified atom stereocenters. The molecule has 0 saturated heterocycles. The SMILES string of the molecule is C[C@@H](C(=O)O)N(C)Cl. The number of likely N-dealkylation sites (N-methyl/N-ethyl adjacent to an activating group) is 1. The maximum absolute atomic E-state index is 10.0. The van der Waals surface area contributed by atoms with E-state index in [-0.39, 0.29) is 0 Å². The third-order valence-corrected chi connectivity index (χ3v) is 1.18. The van der Waals surface area contributed by atoms with Gasteiger partial charge in [0.2, 0.25) is 0 Å². The number of carboxylic acids is 1. The van der Waals surface area contributed by atoms with E-state index in [1.54, 1.807) is 0 Å². The van der Waals surface area contributed by atoms with E-state index in [2.05, 4.69) is 0 Å². The summed E-state index contributed by atoms with van der Waals surface area (Å²) < 4.78 is 1.11. The number of nitrogens with zero attached hydrogens (tertiary/aromatic N) is 1. The fourth-order valence-electron chi connectivity index (χ4n) is 0.152. The van der Waals surface area contributed by atoms with Crippen LogP contribution in [0.5, 0.6) is 0 Å². The molecular formula is C4H8ClNO2. The van der Waals surface area contributed by atoms with Crippen LogP contribution < -0.4 is 0 Å². The van der Waals surface area contributed by atoms with E-state index >= 15 is 0 Å². The molecule has 0 radical (unpaired) electrons. The lowest BCUT2D eigenvalue weighted by molar-refractivity contribution is -0.140. The molecule has 0 spiro atoms. The molecular weight excluding hydrogens is 130 g/mol. The molecule has 48 valence electrons. The van der Waals surface area contributed by atoms with E-state index in [9.17, 15) is 4.79 Å². The van der Waals surface area contributed by atoms with Crippen molar-refractivity contribution in [3.63, 3.8) is 0 Å². The van der Waals surface area contributed by atoms with Crippen molar-refractivity contribution in [3.8, 4) is 0 Å². The number of hydrogen-bond acceptors (Lipinski definition) is 2.